The van der Waals surface area contributed by atoms with E-state index in [1.807, 2.05) is 24.4 Å². The topological polar surface area (TPSA) is 30.2 Å². The van der Waals surface area contributed by atoms with E-state index in [2.05, 4.69) is 65.4 Å². The Morgan fingerprint density at radius 1 is 1.00 bits per heavy atom. The van der Waals surface area contributed by atoms with E-state index in [1.165, 1.54) is 16.6 Å². The Morgan fingerprint density at radius 3 is 2.38 bits per heavy atom. The summed E-state index contributed by atoms with van der Waals surface area (Å²) in [5.41, 5.74) is 4.73. The molecule has 0 amide bonds. The molecule has 1 aromatic heterocycles. The van der Waals surface area contributed by atoms with Crippen LogP contribution in [0, 0.1) is 13.8 Å². The van der Waals surface area contributed by atoms with Crippen molar-refractivity contribution < 1.29 is 53.8 Å². The first kappa shape index (κ1) is 23.3. The quantitative estimate of drug-likeness (QED) is 0.389. The van der Waals surface area contributed by atoms with Crippen LogP contribution in [0.15, 0.2) is 60.8 Å². The minimum absolute atomic E-state index is 0. The van der Waals surface area contributed by atoms with Gasteiger partial charge in [0.05, 0.1) is 5.52 Å². The van der Waals surface area contributed by atoms with E-state index in [0.717, 1.165) is 37.3 Å². The van der Waals surface area contributed by atoms with Gasteiger partial charge in [0.15, 0.2) is 0 Å². The molecule has 1 aliphatic heterocycles. The number of hydrogen-bond donors (Lipinski definition) is 0. The molecule has 0 bridgehead atoms. The fraction of sp³-hybridized carbons (Fsp3) is 0.238. The summed E-state index contributed by atoms with van der Waals surface area (Å²) in [7, 11) is 0. The van der Waals surface area contributed by atoms with Crippen molar-refractivity contribution in [3.05, 3.63) is 84.2 Å². The second-order valence-electron chi connectivity index (χ2n) is 5.99. The molecule has 5 heteroatoms. The number of benzene rings is 2. The second kappa shape index (κ2) is 11.9. The summed E-state index contributed by atoms with van der Waals surface area (Å²) >= 11 is 0. The van der Waals surface area contributed by atoms with Crippen LogP contribution >= 0.6 is 0 Å². The summed E-state index contributed by atoms with van der Waals surface area (Å²) in [5, 5.41) is 5.62. The summed E-state index contributed by atoms with van der Waals surface area (Å²) in [4.78, 5) is 6.79. The van der Waals surface area contributed by atoms with E-state index >= 15 is 0 Å². The Hall–Kier alpha value is -0.728. The first-order valence-electron chi connectivity index (χ1n) is 8.34. The summed E-state index contributed by atoms with van der Waals surface area (Å²) in [5.74, 6) is 0. The molecule has 3 nitrogen and oxygen atoms in total. The summed E-state index contributed by atoms with van der Waals surface area (Å²) < 4.78 is 0. The van der Waals surface area contributed by atoms with Crippen LogP contribution in [0.5, 0.6) is 0 Å². The van der Waals surface area contributed by atoms with Crippen molar-refractivity contribution in [3.8, 4) is 0 Å². The number of anilines is 1. The molecular formula is C21H23N3WY-2. The van der Waals surface area contributed by atoms with E-state index in [0.29, 0.717) is 0 Å². The van der Waals surface area contributed by atoms with Gasteiger partial charge in [-0.2, -0.15) is 24.6 Å². The SMILES string of the molecule is [CH2-]c1cccc(C)c1.[W].[Y].c1cc(N2CC[N-]CC2)c2cccnc2c1. The molecule has 2 aromatic carbocycles. The molecule has 0 saturated carbocycles. The molecule has 0 unspecified atom stereocenters. The Labute approximate surface area is 196 Å². The third-order valence-electron chi connectivity index (χ3n) is 4.10. The van der Waals surface area contributed by atoms with Crippen LogP contribution in [-0.2, 0) is 53.8 Å². The maximum Gasteiger partial charge on any atom is 0.0722 e. The van der Waals surface area contributed by atoms with Crippen molar-refractivity contribution in [2.45, 2.75) is 6.92 Å². The fourth-order valence-electron chi connectivity index (χ4n) is 2.92. The minimum Gasteiger partial charge on any atom is -0.659 e. The van der Waals surface area contributed by atoms with Gasteiger partial charge < -0.3 is 10.2 Å². The molecule has 133 valence electrons. The van der Waals surface area contributed by atoms with Crippen molar-refractivity contribution in [1.82, 2.24) is 4.98 Å². The van der Waals surface area contributed by atoms with E-state index in [4.69, 9.17) is 0 Å². The molecule has 0 atom stereocenters. The van der Waals surface area contributed by atoms with Gasteiger partial charge in [-0.25, -0.2) is 0 Å². The van der Waals surface area contributed by atoms with Gasteiger partial charge in [0, 0.05) is 71.0 Å². The number of rotatable bonds is 1. The number of aromatic nitrogens is 1. The van der Waals surface area contributed by atoms with Crippen molar-refractivity contribution in [3.63, 3.8) is 0 Å². The van der Waals surface area contributed by atoms with Gasteiger partial charge in [-0.1, -0.05) is 19.1 Å². The standard InChI is InChI=1S/C13H14N3.C8H9.W.Y/c1-4-12-11(3-2-6-15-12)13(5-1)16-9-7-14-8-10-16;1-7-4-3-5-8(2)6-7;;/h1-6H,7-10H2;3-6H,1H2,2H3;;/q2*-1;;. The number of pyridine rings is 1. The number of aryl methyl sites for hydroxylation is 1. The molecule has 1 saturated heterocycles. The van der Waals surface area contributed by atoms with Crippen molar-refractivity contribution in [2.24, 2.45) is 0 Å². The van der Waals surface area contributed by atoms with E-state index in [1.54, 1.807) is 0 Å². The van der Waals surface area contributed by atoms with Gasteiger partial charge in [0.2, 0.25) is 0 Å². The predicted molar refractivity (Wildman–Crippen MR) is 103 cm³/mol. The minimum atomic E-state index is 0. The zero-order chi connectivity index (χ0) is 16.8. The van der Waals surface area contributed by atoms with Gasteiger partial charge >= 0.3 is 0 Å². The number of nitrogens with zero attached hydrogens (tertiary/aromatic N) is 3. The molecular weight excluding hydrogens is 567 g/mol. The fourth-order valence-corrected chi connectivity index (χ4v) is 2.92. The molecule has 0 aliphatic carbocycles. The van der Waals surface area contributed by atoms with Crippen molar-refractivity contribution >= 4 is 16.6 Å². The molecule has 4 rings (SSSR count). The molecule has 0 spiro atoms. The first-order chi connectivity index (χ1) is 11.7. The predicted octanol–water partition coefficient (Wildman–Crippen LogP) is 4.60. The number of hydrogen-bond acceptors (Lipinski definition) is 2. The van der Waals surface area contributed by atoms with E-state index in [-0.39, 0.29) is 53.8 Å². The summed E-state index contributed by atoms with van der Waals surface area (Å²) in [6.45, 7) is 9.77. The first-order valence-corrected chi connectivity index (χ1v) is 8.34. The van der Waals surface area contributed by atoms with Crippen LogP contribution < -0.4 is 4.90 Å². The van der Waals surface area contributed by atoms with Crippen LogP contribution in [-0.4, -0.2) is 31.2 Å². The van der Waals surface area contributed by atoms with Gasteiger partial charge in [-0.05, 0) is 37.4 Å². The van der Waals surface area contributed by atoms with Crippen molar-refractivity contribution in [1.29, 1.82) is 0 Å². The van der Waals surface area contributed by atoms with Gasteiger partial charge in [-0.3, -0.25) is 4.98 Å². The van der Waals surface area contributed by atoms with Crippen LogP contribution in [0.1, 0.15) is 11.1 Å². The van der Waals surface area contributed by atoms with E-state index in [9.17, 15) is 0 Å². The Balaban J connectivity index is 0.000000292. The summed E-state index contributed by atoms with van der Waals surface area (Å²) in [6.07, 6.45) is 1.84. The smallest absolute Gasteiger partial charge is 0.0722 e. The third-order valence-corrected chi connectivity index (χ3v) is 4.10. The molecule has 1 fully saturated rings. The Kier molecular flexibility index (Phi) is 10.6. The molecule has 1 aliphatic rings. The normalized spacial score (nSPS) is 13.0. The van der Waals surface area contributed by atoms with Crippen LogP contribution in [0.2, 0.25) is 0 Å². The van der Waals surface area contributed by atoms with Crippen LogP contribution in [0.3, 0.4) is 0 Å². The molecule has 0 N–H and O–H groups in total. The zero-order valence-electron chi connectivity index (χ0n) is 15.1. The second-order valence-corrected chi connectivity index (χ2v) is 5.99. The molecule has 2 heterocycles. The maximum atomic E-state index is 4.39. The van der Waals surface area contributed by atoms with E-state index < -0.39 is 0 Å². The molecule has 1 radical (unpaired) electrons. The van der Waals surface area contributed by atoms with Gasteiger partial charge in [0.25, 0.3) is 0 Å². The average Bonchev–Trinajstić information content (AvgIpc) is 2.62. The maximum absolute atomic E-state index is 4.39. The van der Waals surface area contributed by atoms with Crippen molar-refractivity contribution in [2.75, 3.05) is 31.1 Å². The Bertz CT molecular complexity index is 781. The Morgan fingerprint density at radius 2 is 1.73 bits per heavy atom. The molecule has 26 heavy (non-hydrogen) atoms. The third kappa shape index (κ3) is 6.46. The zero-order valence-corrected chi connectivity index (χ0v) is 20.9. The van der Waals surface area contributed by atoms with Gasteiger partial charge in [0.1, 0.15) is 0 Å². The largest absolute Gasteiger partial charge is 0.659 e. The van der Waals surface area contributed by atoms with Crippen LogP contribution in [0.4, 0.5) is 5.69 Å². The number of fused-ring (bicyclic) bond motifs is 1. The number of piperazine rings is 1. The summed E-state index contributed by atoms with van der Waals surface area (Å²) in [6, 6.07) is 18.6. The average molecular weight is 590 g/mol. The van der Waals surface area contributed by atoms with Crippen LogP contribution in [0.25, 0.3) is 16.2 Å². The monoisotopic (exact) mass is 590 g/mol. The molecule has 3 aromatic rings. The van der Waals surface area contributed by atoms with Gasteiger partial charge in [-0.15, -0.1) is 24.7 Å².